The summed E-state index contributed by atoms with van der Waals surface area (Å²) in [5.41, 5.74) is 0.705. The first-order chi connectivity index (χ1) is 9.49. The third-order valence-electron chi connectivity index (χ3n) is 4.12. The van der Waals surface area contributed by atoms with Gasteiger partial charge in [-0.05, 0) is 24.3 Å². The van der Waals surface area contributed by atoms with E-state index in [4.69, 9.17) is 0 Å². The Morgan fingerprint density at radius 2 is 2.15 bits per heavy atom. The molecule has 112 valence electrons. The molecule has 1 fully saturated rings. The first-order valence-electron chi connectivity index (χ1n) is 7.60. The maximum atomic E-state index is 14.6. The SMILES string of the molecule is CC(C)NCc1ccnc(N2CCC(C(C)C)C2)c1F. The Morgan fingerprint density at radius 1 is 1.40 bits per heavy atom. The first-order valence-corrected chi connectivity index (χ1v) is 7.60. The van der Waals surface area contributed by atoms with Crippen LogP contribution in [0.3, 0.4) is 0 Å². The third kappa shape index (κ3) is 3.48. The van der Waals surface area contributed by atoms with Crippen LogP contribution in [-0.4, -0.2) is 24.1 Å². The molecule has 0 bridgehead atoms. The largest absolute Gasteiger partial charge is 0.354 e. The van der Waals surface area contributed by atoms with Crippen molar-refractivity contribution in [3.63, 3.8) is 0 Å². The van der Waals surface area contributed by atoms with Gasteiger partial charge >= 0.3 is 0 Å². The summed E-state index contributed by atoms with van der Waals surface area (Å²) in [6.45, 7) is 11.0. The fraction of sp³-hybridized carbons (Fsp3) is 0.688. The van der Waals surface area contributed by atoms with E-state index in [2.05, 4.69) is 42.9 Å². The molecule has 3 nitrogen and oxygen atoms in total. The van der Waals surface area contributed by atoms with Gasteiger partial charge in [0.05, 0.1) is 0 Å². The van der Waals surface area contributed by atoms with Gasteiger partial charge in [0.15, 0.2) is 11.6 Å². The smallest absolute Gasteiger partial charge is 0.170 e. The molecule has 1 aliphatic heterocycles. The molecular formula is C16H26FN3. The Balaban J connectivity index is 2.11. The molecule has 1 atom stereocenters. The van der Waals surface area contributed by atoms with Gasteiger partial charge in [0.25, 0.3) is 0 Å². The lowest BCUT2D eigenvalue weighted by molar-refractivity contribution is 0.422. The van der Waals surface area contributed by atoms with Gasteiger partial charge in [-0.3, -0.25) is 0 Å². The normalized spacial score (nSPS) is 19.4. The minimum absolute atomic E-state index is 0.162. The van der Waals surface area contributed by atoms with Crippen molar-refractivity contribution in [2.45, 2.75) is 46.7 Å². The first kappa shape index (κ1) is 15.2. The summed E-state index contributed by atoms with van der Waals surface area (Å²) in [6.07, 6.45) is 2.85. The number of rotatable bonds is 5. The van der Waals surface area contributed by atoms with E-state index in [1.54, 1.807) is 12.3 Å². The van der Waals surface area contributed by atoms with Crippen molar-refractivity contribution in [1.82, 2.24) is 10.3 Å². The maximum Gasteiger partial charge on any atom is 0.170 e. The van der Waals surface area contributed by atoms with Crippen LogP contribution < -0.4 is 10.2 Å². The zero-order valence-electron chi connectivity index (χ0n) is 13.0. The Morgan fingerprint density at radius 3 is 2.75 bits per heavy atom. The van der Waals surface area contributed by atoms with E-state index < -0.39 is 0 Å². The van der Waals surface area contributed by atoms with Crippen LogP contribution in [0.25, 0.3) is 0 Å². The van der Waals surface area contributed by atoms with Gasteiger partial charge in [0.2, 0.25) is 0 Å². The van der Waals surface area contributed by atoms with Crippen molar-refractivity contribution in [2.24, 2.45) is 11.8 Å². The molecule has 1 aromatic heterocycles. The summed E-state index contributed by atoms with van der Waals surface area (Å²) in [7, 11) is 0. The Kier molecular flexibility index (Phi) is 4.97. The Labute approximate surface area is 121 Å². The molecule has 1 aromatic rings. The van der Waals surface area contributed by atoms with Crippen molar-refractivity contribution in [1.29, 1.82) is 0 Å². The van der Waals surface area contributed by atoms with E-state index in [-0.39, 0.29) is 5.82 Å². The summed E-state index contributed by atoms with van der Waals surface area (Å²) < 4.78 is 14.6. The van der Waals surface area contributed by atoms with E-state index in [1.165, 1.54) is 0 Å². The van der Waals surface area contributed by atoms with Gasteiger partial charge in [-0.2, -0.15) is 0 Å². The van der Waals surface area contributed by atoms with Gasteiger partial charge in [-0.1, -0.05) is 27.7 Å². The molecule has 2 heterocycles. The molecule has 0 amide bonds. The molecular weight excluding hydrogens is 253 g/mol. The van der Waals surface area contributed by atoms with E-state index in [0.29, 0.717) is 35.8 Å². The van der Waals surface area contributed by atoms with Gasteiger partial charge in [0, 0.05) is 37.4 Å². The second-order valence-electron chi connectivity index (χ2n) is 6.38. The van der Waals surface area contributed by atoms with Crippen molar-refractivity contribution >= 4 is 5.82 Å². The number of nitrogens with one attached hydrogen (secondary N) is 1. The van der Waals surface area contributed by atoms with Crippen molar-refractivity contribution in [3.8, 4) is 0 Å². The van der Waals surface area contributed by atoms with E-state index in [1.807, 2.05) is 0 Å². The van der Waals surface area contributed by atoms with Crippen LogP contribution in [-0.2, 0) is 6.54 Å². The average Bonchev–Trinajstić information content (AvgIpc) is 2.87. The van der Waals surface area contributed by atoms with Gasteiger partial charge < -0.3 is 10.2 Å². The third-order valence-corrected chi connectivity index (χ3v) is 4.12. The van der Waals surface area contributed by atoms with Crippen LogP contribution in [0.4, 0.5) is 10.2 Å². The predicted molar refractivity (Wildman–Crippen MR) is 81.3 cm³/mol. The Hall–Kier alpha value is -1.16. The highest BCUT2D eigenvalue weighted by Gasteiger charge is 2.27. The van der Waals surface area contributed by atoms with Crippen molar-refractivity contribution in [2.75, 3.05) is 18.0 Å². The van der Waals surface area contributed by atoms with Crippen molar-refractivity contribution in [3.05, 3.63) is 23.6 Å². The summed E-state index contributed by atoms with van der Waals surface area (Å²) in [5.74, 6) is 1.66. The minimum Gasteiger partial charge on any atom is -0.354 e. The summed E-state index contributed by atoms with van der Waals surface area (Å²) in [5, 5.41) is 3.26. The minimum atomic E-state index is -0.162. The van der Waals surface area contributed by atoms with Gasteiger partial charge in [-0.25, -0.2) is 9.37 Å². The lowest BCUT2D eigenvalue weighted by Crippen LogP contribution is -2.26. The van der Waals surface area contributed by atoms with Crippen LogP contribution in [0.15, 0.2) is 12.3 Å². The fourth-order valence-corrected chi connectivity index (χ4v) is 2.67. The zero-order valence-corrected chi connectivity index (χ0v) is 13.0. The monoisotopic (exact) mass is 279 g/mol. The van der Waals surface area contributed by atoms with Crippen LogP contribution in [0.5, 0.6) is 0 Å². The highest BCUT2D eigenvalue weighted by atomic mass is 19.1. The number of halogens is 1. The van der Waals surface area contributed by atoms with Crippen LogP contribution >= 0.6 is 0 Å². The molecule has 0 aliphatic carbocycles. The second-order valence-corrected chi connectivity index (χ2v) is 6.38. The average molecular weight is 279 g/mol. The molecule has 1 saturated heterocycles. The van der Waals surface area contributed by atoms with Crippen LogP contribution in [0.1, 0.15) is 39.7 Å². The lowest BCUT2D eigenvalue weighted by Gasteiger charge is -2.20. The highest BCUT2D eigenvalue weighted by Crippen LogP contribution is 2.29. The molecule has 0 aromatic carbocycles. The molecule has 4 heteroatoms. The molecule has 1 aliphatic rings. The standard InChI is InChI=1S/C16H26FN3/c1-11(2)14-6-8-20(10-14)16-15(17)13(5-7-18-16)9-19-12(3)4/h5,7,11-12,14,19H,6,8-10H2,1-4H3. The van der Waals surface area contributed by atoms with Crippen molar-refractivity contribution < 1.29 is 4.39 Å². The summed E-state index contributed by atoms with van der Waals surface area (Å²) >= 11 is 0. The number of aromatic nitrogens is 1. The number of hydrogen-bond acceptors (Lipinski definition) is 3. The molecule has 1 unspecified atom stereocenters. The molecule has 0 saturated carbocycles. The zero-order chi connectivity index (χ0) is 14.7. The lowest BCUT2D eigenvalue weighted by atomic mass is 9.95. The number of hydrogen-bond donors (Lipinski definition) is 1. The number of anilines is 1. The van der Waals surface area contributed by atoms with Gasteiger partial charge in [-0.15, -0.1) is 0 Å². The molecule has 2 rings (SSSR count). The fourth-order valence-electron chi connectivity index (χ4n) is 2.67. The van der Waals surface area contributed by atoms with Gasteiger partial charge in [0.1, 0.15) is 0 Å². The molecule has 1 N–H and O–H groups in total. The predicted octanol–water partition coefficient (Wildman–Crippen LogP) is 3.20. The molecule has 0 radical (unpaired) electrons. The van der Waals surface area contributed by atoms with E-state index in [0.717, 1.165) is 19.5 Å². The van der Waals surface area contributed by atoms with Crippen LogP contribution in [0.2, 0.25) is 0 Å². The number of pyridine rings is 1. The highest BCUT2D eigenvalue weighted by molar-refractivity contribution is 5.44. The van der Waals surface area contributed by atoms with E-state index >= 15 is 0 Å². The molecule has 0 spiro atoms. The van der Waals surface area contributed by atoms with E-state index in [9.17, 15) is 4.39 Å². The quantitative estimate of drug-likeness (QED) is 0.897. The maximum absolute atomic E-state index is 14.6. The van der Waals surface area contributed by atoms with Crippen LogP contribution in [0, 0.1) is 17.7 Å². The second kappa shape index (κ2) is 6.53. The Bertz CT molecular complexity index is 445. The summed E-state index contributed by atoms with van der Waals surface area (Å²) in [6, 6.07) is 2.12. The summed E-state index contributed by atoms with van der Waals surface area (Å²) in [4.78, 5) is 6.36. The topological polar surface area (TPSA) is 28.2 Å². The number of nitrogens with zero attached hydrogens (tertiary/aromatic N) is 2. The molecule has 20 heavy (non-hydrogen) atoms.